The molecule has 2 atom stereocenters. The summed E-state index contributed by atoms with van der Waals surface area (Å²) in [6, 6.07) is 8.01. The highest BCUT2D eigenvalue weighted by atomic mass is 32.2. The van der Waals surface area contributed by atoms with Crippen LogP contribution in [0.3, 0.4) is 0 Å². The standard InChI is InChI=1S/C20H22F2N2O2S/c1-2-24-9-7-15-16-11-13(4-6-19(16)23-20(15)8-10-24)27(25,26)14-3-5-17(21)18(22)12-14/h3-6,11-12,15,20,23H,2,7-10H2,1H3/t15-,20+/m0/s1. The Balaban J connectivity index is 1.69. The van der Waals surface area contributed by atoms with Crippen LogP contribution in [0.4, 0.5) is 14.5 Å². The Morgan fingerprint density at radius 2 is 1.74 bits per heavy atom. The Bertz CT molecular complexity index is 978. The maximum Gasteiger partial charge on any atom is 0.206 e. The van der Waals surface area contributed by atoms with E-state index in [1.165, 1.54) is 6.07 Å². The predicted molar refractivity (Wildman–Crippen MR) is 99.8 cm³/mol. The first-order valence-corrected chi connectivity index (χ1v) is 10.7. The van der Waals surface area contributed by atoms with Gasteiger partial charge >= 0.3 is 0 Å². The minimum absolute atomic E-state index is 0.117. The number of nitrogens with one attached hydrogen (secondary N) is 1. The third kappa shape index (κ3) is 3.23. The molecule has 2 aromatic carbocycles. The molecule has 144 valence electrons. The molecule has 0 spiro atoms. The third-order valence-corrected chi connectivity index (χ3v) is 7.47. The van der Waals surface area contributed by atoms with E-state index >= 15 is 0 Å². The molecule has 7 heteroatoms. The summed E-state index contributed by atoms with van der Waals surface area (Å²) < 4.78 is 52.5. The van der Waals surface area contributed by atoms with Crippen LogP contribution in [0, 0.1) is 11.6 Å². The molecule has 0 bridgehead atoms. The summed E-state index contributed by atoms with van der Waals surface area (Å²) >= 11 is 0. The van der Waals surface area contributed by atoms with E-state index in [1.807, 2.05) is 0 Å². The highest BCUT2D eigenvalue weighted by Crippen LogP contribution is 2.42. The summed E-state index contributed by atoms with van der Waals surface area (Å²) in [5.41, 5.74) is 1.97. The van der Waals surface area contributed by atoms with E-state index in [1.54, 1.807) is 12.1 Å². The number of hydrogen-bond donors (Lipinski definition) is 1. The van der Waals surface area contributed by atoms with Crippen LogP contribution in [0.5, 0.6) is 0 Å². The van der Waals surface area contributed by atoms with Crippen molar-refractivity contribution in [2.45, 2.75) is 41.5 Å². The van der Waals surface area contributed by atoms with Gasteiger partial charge in [0.1, 0.15) is 0 Å². The quantitative estimate of drug-likeness (QED) is 0.808. The highest BCUT2D eigenvalue weighted by molar-refractivity contribution is 7.91. The Kier molecular flexibility index (Phi) is 4.68. The van der Waals surface area contributed by atoms with E-state index < -0.39 is 21.5 Å². The maximum absolute atomic E-state index is 13.5. The number of sulfone groups is 1. The predicted octanol–water partition coefficient (Wildman–Crippen LogP) is 3.79. The molecule has 2 heterocycles. The van der Waals surface area contributed by atoms with Crippen molar-refractivity contribution in [1.82, 2.24) is 4.90 Å². The van der Waals surface area contributed by atoms with Gasteiger partial charge in [-0.1, -0.05) is 6.92 Å². The van der Waals surface area contributed by atoms with E-state index in [4.69, 9.17) is 0 Å². The molecule has 2 aromatic rings. The van der Waals surface area contributed by atoms with Gasteiger partial charge in [0.2, 0.25) is 9.84 Å². The normalized spacial score (nSPS) is 22.6. The van der Waals surface area contributed by atoms with Gasteiger partial charge in [0, 0.05) is 24.2 Å². The monoisotopic (exact) mass is 392 g/mol. The Morgan fingerprint density at radius 3 is 2.48 bits per heavy atom. The molecule has 1 N–H and O–H groups in total. The van der Waals surface area contributed by atoms with Crippen LogP contribution >= 0.6 is 0 Å². The molecule has 4 nitrogen and oxygen atoms in total. The van der Waals surface area contributed by atoms with E-state index in [0.29, 0.717) is 6.04 Å². The number of nitrogens with zero attached hydrogens (tertiary/aromatic N) is 1. The zero-order valence-electron chi connectivity index (χ0n) is 15.1. The summed E-state index contributed by atoms with van der Waals surface area (Å²) in [4.78, 5) is 2.29. The molecule has 1 fully saturated rings. The first-order chi connectivity index (χ1) is 12.9. The largest absolute Gasteiger partial charge is 0.381 e. The summed E-state index contributed by atoms with van der Waals surface area (Å²) in [6.07, 6.45) is 1.98. The minimum Gasteiger partial charge on any atom is -0.381 e. The number of rotatable bonds is 3. The van der Waals surface area contributed by atoms with Crippen LogP contribution in [0.15, 0.2) is 46.2 Å². The number of benzene rings is 2. The van der Waals surface area contributed by atoms with Gasteiger partial charge in [0.15, 0.2) is 11.6 Å². The van der Waals surface area contributed by atoms with Gasteiger partial charge in [0.25, 0.3) is 0 Å². The van der Waals surface area contributed by atoms with Gasteiger partial charge in [-0.25, -0.2) is 17.2 Å². The van der Waals surface area contributed by atoms with Crippen molar-refractivity contribution in [3.05, 3.63) is 53.6 Å². The van der Waals surface area contributed by atoms with Gasteiger partial charge in [-0.15, -0.1) is 0 Å². The summed E-state index contributed by atoms with van der Waals surface area (Å²) in [6.45, 7) is 5.17. The third-order valence-electron chi connectivity index (χ3n) is 5.72. The molecule has 0 amide bonds. The topological polar surface area (TPSA) is 49.4 Å². The first kappa shape index (κ1) is 18.4. The molecule has 1 saturated heterocycles. The van der Waals surface area contributed by atoms with Crippen LogP contribution in [0.1, 0.15) is 31.2 Å². The number of anilines is 1. The van der Waals surface area contributed by atoms with Crippen molar-refractivity contribution >= 4 is 15.5 Å². The average Bonchev–Trinajstić information content (AvgIpc) is 2.87. The highest BCUT2D eigenvalue weighted by Gasteiger charge is 2.35. The van der Waals surface area contributed by atoms with Crippen molar-refractivity contribution in [3.8, 4) is 0 Å². The SMILES string of the molecule is CCN1CC[C@H]2Nc3ccc(S(=O)(=O)c4ccc(F)c(F)c4)cc3[C@@H]2CC1. The molecule has 0 unspecified atom stereocenters. The van der Waals surface area contributed by atoms with Crippen LogP contribution in [0.25, 0.3) is 0 Å². The molecule has 4 rings (SSSR count). The van der Waals surface area contributed by atoms with E-state index in [0.717, 1.165) is 61.9 Å². The smallest absolute Gasteiger partial charge is 0.206 e. The average molecular weight is 392 g/mol. The van der Waals surface area contributed by atoms with E-state index in [-0.39, 0.29) is 15.7 Å². The van der Waals surface area contributed by atoms with Crippen molar-refractivity contribution in [2.75, 3.05) is 25.0 Å². The molecule has 0 aromatic heterocycles. The lowest BCUT2D eigenvalue weighted by atomic mass is 9.91. The minimum atomic E-state index is -3.91. The van der Waals surface area contributed by atoms with Crippen LogP contribution in [0.2, 0.25) is 0 Å². The van der Waals surface area contributed by atoms with Gasteiger partial charge in [0.05, 0.1) is 9.79 Å². The fraction of sp³-hybridized carbons (Fsp3) is 0.400. The first-order valence-electron chi connectivity index (χ1n) is 9.23. The number of fused-ring (bicyclic) bond motifs is 3. The zero-order valence-corrected chi connectivity index (χ0v) is 15.9. The molecule has 2 aliphatic rings. The Morgan fingerprint density at radius 1 is 1.04 bits per heavy atom. The molecule has 0 aliphatic carbocycles. The van der Waals surface area contributed by atoms with Gasteiger partial charge in [-0.3, -0.25) is 0 Å². The molecular weight excluding hydrogens is 370 g/mol. The lowest BCUT2D eigenvalue weighted by Gasteiger charge is -2.17. The van der Waals surface area contributed by atoms with Crippen LogP contribution in [-0.2, 0) is 9.84 Å². The number of halogens is 2. The van der Waals surface area contributed by atoms with E-state index in [2.05, 4.69) is 17.1 Å². The second-order valence-corrected chi connectivity index (χ2v) is 9.15. The van der Waals surface area contributed by atoms with Gasteiger partial charge < -0.3 is 10.2 Å². The van der Waals surface area contributed by atoms with Gasteiger partial charge in [-0.2, -0.15) is 0 Å². The van der Waals surface area contributed by atoms with Crippen LogP contribution in [-0.4, -0.2) is 39.0 Å². The summed E-state index contributed by atoms with van der Waals surface area (Å²) in [5.74, 6) is -1.96. The van der Waals surface area contributed by atoms with Crippen LogP contribution < -0.4 is 5.32 Å². The molecular formula is C20H22F2N2O2S. The van der Waals surface area contributed by atoms with Crippen molar-refractivity contribution in [1.29, 1.82) is 0 Å². The van der Waals surface area contributed by atoms with Gasteiger partial charge in [-0.05, 0) is 67.9 Å². The Labute approximate surface area is 158 Å². The second-order valence-electron chi connectivity index (χ2n) is 7.20. The lowest BCUT2D eigenvalue weighted by Crippen LogP contribution is -2.25. The summed E-state index contributed by atoms with van der Waals surface area (Å²) in [5, 5.41) is 3.52. The fourth-order valence-corrected chi connectivity index (χ4v) is 5.45. The van der Waals surface area contributed by atoms with Crippen molar-refractivity contribution in [3.63, 3.8) is 0 Å². The molecule has 2 aliphatic heterocycles. The summed E-state index contributed by atoms with van der Waals surface area (Å²) in [7, 11) is -3.91. The number of hydrogen-bond acceptors (Lipinski definition) is 4. The van der Waals surface area contributed by atoms with E-state index in [9.17, 15) is 17.2 Å². The maximum atomic E-state index is 13.5. The molecule has 0 radical (unpaired) electrons. The number of likely N-dealkylation sites (tertiary alicyclic amines) is 1. The van der Waals surface area contributed by atoms with Crippen molar-refractivity contribution in [2.24, 2.45) is 0 Å². The zero-order chi connectivity index (χ0) is 19.2. The molecule has 27 heavy (non-hydrogen) atoms. The van der Waals surface area contributed by atoms with Crippen molar-refractivity contribution < 1.29 is 17.2 Å². The Hall–Kier alpha value is -1.99. The second kappa shape index (κ2) is 6.87. The fourth-order valence-electron chi connectivity index (χ4n) is 4.14. The molecule has 0 saturated carbocycles. The lowest BCUT2D eigenvalue weighted by molar-refractivity contribution is 0.298.